The van der Waals surface area contributed by atoms with E-state index in [4.69, 9.17) is 4.74 Å². The van der Waals surface area contributed by atoms with Gasteiger partial charge >= 0.3 is 0 Å². The zero-order valence-electron chi connectivity index (χ0n) is 19.5. The van der Waals surface area contributed by atoms with Gasteiger partial charge in [0.05, 0.1) is 6.61 Å². The Labute approximate surface area is 214 Å². The summed E-state index contributed by atoms with van der Waals surface area (Å²) in [7, 11) is -3.95. The Kier molecular flexibility index (Phi) is 9.93. The molecule has 188 valence electrons. The van der Waals surface area contributed by atoms with Crippen molar-refractivity contribution in [2.24, 2.45) is 4.40 Å². The highest BCUT2D eigenvalue weighted by atomic mass is 32.2. The molecule has 1 aliphatic heterocycles. The van der Waals surface area contributed by atoms with E-state index >= 15 is 0 Å². The summed E-state index contributed by atoms with van der Waals surface area (Å²) in [6, 6.07) is 10.1. The maximum Gasteiger partial charge on any atom is 0.294 e. The van der Waals surface area contributed by atoms with Crippen LogP contribution in [0.25, 0.3) is 0 Å². The molecule has 1 atom stereocenters. The summed E-state index contributed by atoms with van der Waals surface area (Å²) < 4.78 is 34.8. The Hall–Kier alpha value is -2.63. The largest absolute Gasteiger partial charge is 0.494 e. The summed E-state index contributed by atoms with van der Waals surface area (Å²) >= 11 is 2.02. The molecule has 1 N–H and O–H groups in total. The van der Waals surface area contributed by atoms with Crippen molar-refractivity contribution in [2.75, 3.05) is 18.5 Å². The third-order valence-electron chi connectivity index (χ3n) is 5.05. The Morgan fingerprint density at radius 3 is 2.66 bits per heavy atom. The van der Waals surface area contributed by atoms with E-state index < -0.39 is 15.3 Å². The first-order valence-corrected chi connectivity index (χ1v) is 14.5. The van der Waals surface area contributed by atoms with Gasteiger partial charge in [-0.15, -0.1) is 22.3 Å². The molecule has 0 aliphatic carbocycles. The van der Waals surface area contributed by atoms with E-state index in [0.29, 0.717) is 12.3 Å². The van der Waals surface area contributed by atoms with Gasteiger partial charge in [0.25, 0.3) is 10.0 Å². The van der Waals surface area contributed by atoms with Crippen LogP contribution >= 0.6 is 23.1 Å². The minimum atomic E-state index is -3.95. The second-order valence-electron chi connectivity index (χ2n) is 7.81. The molecular formula is C24H29N3O5S3. The first-order chi connectivity index (χ1) is 16.8. The molecule has 8 nitrogen and oxygen atoms in total. The van der Waals surface area contributed by atoms with Crippen molar-refractivity contribution in [3.8, 4) is 5.75 Å². The molecule has 1 aromatic heterocycles. The molecule has 1 saturated heterocycles. The maximum absolute atomic E-state index is 12.9. The average molecular weight is 536 g/mol. The van der Waals surface area contributed by atoms with Crippen molar-refractivity contribution in [2.45, 2.75) is 48.5 Å². The number of carbonyl (C=O) groups excluding carboxylic acids is 2. The lowest BCUT2D eigenvalue weighted by Crippen LogP contribution is -2.33. The van der Waals surface area contributed by atoms with E-state index in [0.717, 1.165) is 41.7 Å². The van der Waals surface area contributed by atoms with Crippen molar-refractivity contribution in [3.63, 3.8) is 0 Å². The molecule has 1 aromatic carbocycles. The van der Waals surface area contributed by atoms with E-state index in [1.165, 1.54) is 29.9 Å². The van der Waals surface area contributed by atoms with Gasteiger partial charge in [0.15, 0.2) is 5.17 Å². The molecule has 2 aromatic rings. The molecule has 0 spiro atoms. The Morgan fingerprint density at radius 2 is 2.00 bits per heavy atom. The number of hydrogen-bond acceptors (Lipinski definition) is 7. The second kappa shape index (κ2) is 12.9. The fourth-order valence-corrected chi connectivity index (χ4v) is 6.63. The number of thiophene rings is 1. The number of anilines is 1. The second-order valence-corrected chi connectivity index (χ2v) is 11.8. The number of unbranched alkanes of at least 4 members (excludes halogenated alkanes) is 3. The van der Waals surface area contributed by atoms with Crippen molar-refractivity contribution in [1.29, 1.82) is 0 Å². The number of carbonyl (C=O) groups is 2. The Bertz CT molecular complexity index is 1150. The molecule has 0 saturated carbocycles. The number of benzene rings is 1. The fraction of sp³-hybridized carbons (Fsp3) is 0.375. The molecule has 1 aliphatic rings. The highest BCUT2D eigenvalue weighted by Crippen LogP contribution is 2.32. The molecule has 35 heavy (non-hydrogen) atoms. The molecular weight excluding hydrogens is 506 g/mol. The molecule has 1 unspecified atom stereocenters. The first kappa shape index (κ1) is 27.0. The van der Waals surface area contributed by atoms with Crippen LogP contribution in [0.5, 0.6) is 5.75 Å². The highest BCUT2D eigenvalue weighted by Gasteiger charge is 2.39. The number of rotatable bonds is 13. The smallest absolute Gasteiger partial charge is 0.294 e. The van der Waals surface area contributed by atoms with Gasteiger partial charge in [-0.25, -0.2) is 0 Å². The third-order valence-corrected chi connectivity index (χ3v) is 8.99. The minimum absolute atomic E-state index is 0.0431. The van der Waals surface area contributed by atoms with Gasteiger partial charge in [0, 0.05) is 18.7 Å². The number of thioether (sulfide) groups is 1. The molecule has 11 heteroatoms. The SMILES string of the molecule is C=CCN1C(=O)C(CC(=O)Nc2ccc(OCCCCCC)cc2)S/C1=N/S(=O)(=O)c1cccs1. The van der Waals surface area contributed by atoms with Crippen LogP contribution in [-0.2, 0) is 19.6 Å². The van der Waals surface area contributed by atoms with Gasteiger partial charge in [-0.3, -0.25) is 14.5 Å². The topological polar surface area (TPSA) is 105 Å². The lowest BCUT2D eigenvalue weighted by molar-refractivity contribution is -0.127. The monoisotopic (exact) mass is 535 g/mol. The number of ether oxygens (including phenoxy) is 1. The maximum atomic E-state index is 12.9. The number of hydrogen-bond donors (Lipinski definition) is 1. The van der Waals surface area contributed by atoms with Crippen LogP contribution in [0.3, 0.4) is 0 Å². The first-order valence-electron chi connectivity index (χ1n) is 11.3. The zero-order chi connectivity index (χ0) is 25.3. The van der Waals surface area contributed by atoms with Crippen LogP contribution in [-0.4, -0.2) is 48.7 Å². The van der Waals surface area contributed by atoms with E-state index in [1.807, 2.05) is 0 Å². The van der Waals surface area contributed by atoms with E-state index in [-0.39, 0.29) is 34.2 Å². The van der Waals surface area contributed by atoms with Crippen LogP contribution in [0, 0.1) is 0 Å². The number of nitrogens with one attached hydrogen (secondary N) is 1. The van der Waals surface area contributed by atoms with Gasteiger partial charge < -0.3 is 10.1 Å². The zero-order valence-corrected chi connectivity index (χ0v) is 22.0. The van der Waals surface area contributed by atoms with E-state index in [1.54, 1.807) is 35.7 Å². The van der Waals surface area contributed by atoms with Gasteiger partial charge in [-0.1, -0.05) is 50.1 Å². The number of nitrogens with zero attached hydrogens (tertiary/aromatic N) is 2. The van der Waals surface area contributed by atoms with Crippen molar-refractivity contribution < 1.29 is 22.7 Å². The van der Waals surface area contributed by atoms with Gasteiger partial charge in [-0.2, -0.15) is 8.42 Å². The quantitative estimate of drug-likeness (QED) is 0.289. The summed E-state index contributed by atoms with van der Waals surface area (Å²) in [5.41, 5.74) is 0.584. The average Bonchev–Trinajstić information content (AvgIpc) is 3.46. The molecule has 2 amide bonds. The molecule has 3 rings (SSSR count). The van der Waals surface area contributed by atoms with Gasteiger partial charge in [0.1, 0.15) is 15.2 Å². The van der Waals surface area contributed by atoms with Crippen LogP contribution in [0.15, 0.2) is 63.0 Å². The summed E-state index contributed by atoms with van der Waals surface area (Å²) in [6.07, 6.45) is 5.88. The molecule has 0 radical (unpaired) electrons. The van der Waals surface area contributed by atoms with Gasteiger partial charge in [0.2, 0.25) is 11.8 Å². The predicted octanol–water partition coefficient (Wildman–Crippen LogP) is 4.91. The van der Waals surface area contributed by atoms with E-state index in [9.17, 15) is 18.0 Å². The molecule has 2 heterocycles. The summed E-state index contributed by atoms with van der Waals surface area (Å²) in [4.78, 5) is 26.7. The Morgan fingerprint density at radius 1 is 1.23 bits per heavy atom. The van der Waals surface area contributed by atoms with Crippen LogP contribution in [0.2, 0.25) is 0 Å². The van der Waals surface area contributed by atoms with E-state index in [2.05, 4.69) is 23.2 Å². The lowest BCUT2D eigenvalue weighted by atomic mass is 10.2. The van der Waals surface area contributed by atoms with Crippen LogP contribution in [0.1, 0.15) is 39.0 Å². The number of sulfonamides is 1. The Balaban J connectivity index is 1.59. The summed E-state index contributed by atoms with van der Waals surface area (Å²) in [5, 5.41) is 3.68. The van der Waals surface area contributed by atoms with Crippen LogP contribution in [0.4, 0.5) is 5.69 Å². The summed E-state index contributed by atoms with van der Waals surface area (Å²) in [5.74, 6) is -0.00380. The van der Waals surface area contributed by atoms with Crippen LogP contribution < -0.4 is 10.1 Å². The van der Waals surface area contributed by atoms with Crippen molar-refractivity contribution >= 4 is 55.8 Å². The highest BCUT2D eigenvalue weighted by molar-refractivity contribution is 8.16. The summed E-state index contributed by atoms with van der Waals surface area (Å²) in [6.45, 7) is 6.54. The van der Waals surface area contributed by atoms with Gasteiger partial charge in [-0.05, 0) is 42.1 Å². The molecule has 0 bridgehead atoms. The number of amidine groups is 1. The fourth-order valence-electron chi connectivity index (χ4n) is 3.30. The normalized spacial score (nSPS) is 17.1. The minimum Gasteiger partial charge on any atom is -0.494 e. The van der Waals surface area contributed by atoms with Crippen molar-refractivity contribution in [1.82, 2.24) is 4.90 Å². The van der Waals surface area contributed by atoms with Crippen molar-refractivity contribution in [3.05, 3.63) is 54.4 Å². The lowest BCUT2D eigenvalue weighted by Gasteiger charge is -2.13. The predicted molar refractivity (Wildman–Crippen MR) is 142 cm³/mol. The third kappa shape index (κ3) is 7.68. The number of amides is 2. The standard InChI is InChI=1S/C24H29N3O5S3/c1-3-5-6-7-15-32-19-12-10-18(11-13-19)25-21(28)17-20-23(29)27(14-4-2)24(34-20)26-35(30,31)22-9-8-16-33-22/h4,8-13,16,20H,2-3,5-7,14-15,17H2,1H3,(H,25,28)/b26-24+. The molecule has 1 fully saturated rings.